The van der Waals surface area contributed by atoms with Gasteiger partial charge in [0, 0.05) is 29.5 Å². The molecular weight excluding hydrogens is 239 g/mol. The number of hydrogen-bond acceptors (Lipinski definition) is 3. The third-order valence-corrected chi connectivity index (χ3v) is 0.673. The maximum atomic E-state index is 10.5. The van der Waals surface area contributed by atoms with Crippen molar-refractivity contribution < 1.29 is 14.6 Å². The third kappa shape index (κ3) is 6.09. The van der Waals surface area contributed by atoms with Crippen molar-refractivity contribution in [3.8, 4) is 0 Å². The second kappa shape index (κ2) is 7.08. The van der Waals surface area contributed by atoms with Crippen LogP contribution < -0.4 is 0 Å². The van der Waals surface area contributed by atoms with Gasteiger partial charge in [-0.25, -0.2) is 4.79 Å². The van der Waals surface area contributed by atoms with Crippen LogP contribution in [0.3, 0.4) is 0 Å². The molecule has 4 radical (unpaired) electrons. The van der Waals surface area contributed by atoms with E-state index in [4.69, 9.17) is 5.11 Å². The summed E-state index contributed by atoms with van der Waals surface area (Å²) >= 11 is 0. The number of hydrogen-bond donors (Lipinski definition) is 1. The normalized spacial score (nSPS) is 7.80. The van der Waals surface area contributed by atoms with E-state index in [0.717, 1.165) is 0 Å². The minimum atomic E-state index is -0.455. The van der Waals surface area contributed by atoms with Crippen molar-refractivity contribution in [3.63, 3.8) is 0 Å². The molecule has 0 saturated carbocycles. The molecule has 0 aromatic carbocycles. The van der Waals surface area contributed by atoms with Crippen LogP contribution in [0, 0.1) is 0 Å². The average molecular weight is 249 g/mol. The summed E-state index contributed by atoms with van der Waals surface area (Å²) in [7, 11) is 0. The van der Waals surface area contributed by atoms with Crippen LogP contribution in [-0.4, -0.2) is 48.2 Å². The molecule has 0 fully saturated rings. The fraction of sp³-hybridized carbons (Fsp3) is 0.500. The molecule has 56 valence electrons. The molecule has 0 aromatic heterocycles. The minimum Gasteiger partial charge on any atom is -0.460 e. The number of carbonyl (C=O) groups excluding carboxylic acids is 1. The average Bonchev–Trinajstić information content (AvgIpc) is 1.82. The molecule has 0 atom stereocenters. The third-order valence-electron chi connectivity index (χ3n) is 0.673. The van der Waals surface area contributed by atoms with Crippen molar-refractivity contribution in [3.05, 3.63) is 12.2 Å². The van der Waals surface area contributed by atoms with E-state index < -0.39 is 5.97 Å². The zero-order valence-corrected chi connectivity index (χ0v) is 8.74. The first-order chi connectivity index (χ1) is 4.18. The smallest absolute Gasteiger partial charge is 0.333 e. The van der Waals surface area contributed by atoms with Crippen LogP contribution in [0.15, 0.2) is 12.2 Å². The van der Waals surface area contributed by atoms with E-state index in [1.165, 1.54) is 0 Å². The Hall–Kier alpha value is -0.0313. The van der Waals surface area contributed by atoms with Crippen molar-refractivity contribution in [1.29, 1.82) is 0 Å². The number of aliphatic hydroxyl groups excluding tert-OH is 1. The first kappa shape index (κ1) is 12.6. The van der Waals surface area contributed by atoms with Crippen molar-refractivity contribution in [2.24, 2.45) is 0 Å². The Morgan fingerprint density at radius 1 is 1.70 bits per heavy atom. The molecule has 0 aliphatic carbocycles. The van der Waals surface area contributed by atoms with E-state index in [1.54, 1.807) is 6.92 Å². The van der Waals surface area contributed by atoms with Gasteiger partial charge in [0.15, 0.2) is 0 Å². The van der Waals surface area contributed by atoms with Gasteiger partial charge in [-0.05, 0) is 6.92 Å². The van der Waals surface area contributed by atoms with Gasteiger partial charge in [-0.15, -0.1) is 0 Å². The van der Waals surface area contributed by atoms with Crippen LogP contribution in [0.4, 0.5) is 0 Å². The molecule has 0 unspecified atom stereocenters. The molecule has 1 N–H and O–H groups in total. The summed E-state index contributed by atoms with van der Waals surface area (Å²) in [6.45, 7) is 4.81. The van der Waals surface area contributed by atoms with Crippen molar-refractivity contribution in [1.82, 2.24) is 0 Å². The van der Waals surface area contributed by atoms with Crippen molar-refractivity contribution in [2.75, 3.05) is 13.2 Å². The molecular formula is C6H10O3Sn. The molecule has 0 heterocycles. The second-order valence-corrected chi connectivity index (χ2v) is 1.64. The summed E-state index contributed by atoms with van der Waals surface area (Å²) < 4.78 is 4.46. The van der Waals surface area contributed by atoms with Gasteiger partial charge < -0.3 is 9.84 Å². The fourth-order valence-corrected chi connectivity index (χ4v) is 0.262. The van der Waals surface area contributed by atoms with Gasteiger partial charge in [-0.3, -0.25) is 0 Å². The Morgan fingerprint density at radius 3 is 2.50 bits per heavy atom. The summed E-state index contributed by atoms with van der Waals surface area (Å²) in [4.78, 5) is 10.5. The Bertz CT molecular complexity index is 122. The summed E-state index contributed by atoms with van der Waals surface area (Å²) in [5.41, 5.74) is 0.350. The Labute approximate surface area is 77.0 Å². The number of ether oxygens (including phenoxy) is 1. The number of aliphatic hydroxyl groups is 1. The zero-order chi connectivity index (χ0) is 7.28. The van der Waals surface area contributed by atoms with Gasteiger partial charge in [0.1, 0.15) is 6.61 Å². The molecule has 10 heavy (non-hydrogen) atoms. The van der Waals surface area contributed by atoms with Crippen LogP contribution in [-0.2, 0) is 9.53 Å². The largest absolute Gasteiger partial charge is 0.460 e. The van der Waals surface area contributed by atoms with Crippen LogP contribution in [0.2, 0.25) is 0 Å². The molecule has 0 aliphatic rings. The number of carbonyl (C=O) groups is 1. The van der Waals surface area contributed by atoms with Gasteiger partial charge in [-0.1, -0.05) is 6.58 Å². The van der Waals surface area contributed by atoms with Crippen molar-refractivity contribution in [2.45, 2.75) is 6.92 Å². The predicted molar refractivity (Wildman–Crippen MR) is 38.6 cm³/mol. The summed E-state index contributed by atoms with van der Waals surface area (Å²) in [5.74, 6) is -0.455. The summed E-state index contributed by atoms with van der Waals surface area (Å²) in [5, 5.41) is 8.19. The van der Waals surface area contributed by atoms with Gasteiger partial charge >= 0.3 is 5.97 Å². The molecule has 0 bridgehead atoms. The van der Waals surface area contributed by atoms with E-state index in [-0.39, 0.29) is 37.1 Å². The minimum absolute atomic E-state index is 0. The standard InChI is InChI=1S/C6H10O3.Sn/c1-5(2)6(8)9-4-3-7;/h7H,1,3-4H2,2H3;. The van der Waals surface area contributed by atoms with Crippen LogP contribution in [0.1, 0.15) is 6.92 Å². The first-order valence-corrected chi connectivity index (χ1v) is 2.62. The molecule has 0 aliphatic heterocycles. The van der Waals surface area contributed by atoms with E-state index >= 15 is 0 Å². The molecule has 0 saturated heterocycles. The molecule has 0 aromatic rings. The van der Waals surface area contributed by atoms with E-state index in [0.29, 0.717) is 5.57 Å². The Balaban J connectivity index is 0. The fourth-order valence-electron chi connectivity index (χ4n) is 0.262. The summed E-state index contributed by atoms with van der Waals surface area (Å²) in [6.07, 6.45) is 0. The van der Waals surface area contributed by atoms with Gasteiger partial charge in [-0.2, -0.15) is 0 Å². The van der Waals surface area contributed by atoms with E-state index in [9.17, 15) is 4.79 Å². The van der Waals surface area contributed by atoms with E-state index in [2.05, 4.69) is 11.3 Å². The van der Waals surface area contributed by atoms with Gasteiger partial charge in [0.2, 0.25) is 0 Å². The van der Waals surface area contributed by atoms with Gasteiger partial charge in [0.05, 0.1) is 6.61 Å². The zero-order valence-electron chi connectivity index (χ0n) is 5.89. The maximum Gasteiger partial charge on any atom is 0.333 e. The Morgan fingerprint density at radius 2 is 2.20 bits per heavy atom. The predicted octanol–water partition coefficient (Wildman–Crippen LogP) is -0.283. The van der Waals surface area contributed by atoms with Crippen LogP contribution in [0.5, 0.6) is 0 Å². The maximum absolute atomic E-state index is 10.5. The molecule has 0 spiro atoms. The number of esters is 1. The molecule has 0 rings (SSSR count). The molecule has 3 nitrogen and oxygen atoms in total. The summed E-state index contributed by atoms with van der Waals surface area (Å²) in [6, 6.07) is 0. The molecule has 0 amide bonds. The topological polar surface area (TPSA) is 46.5 Å². The van der Waals surface area contributed by atoms with Crippen LogP contribution in [0.25, 0.3) is 0 Å². The van der Waals surface area contributed by atoms with Crippen molar-refractivity contribution >= 4 is 29.9 Å². The van der Waals surface area contributed by atoms with Crippen LogP contribution >= 0.6 is 0 Å². The Kier molecular flexibility index (Phi) is 8.94. The quantitative estimate of drug-likeness (QED) is 0.425. The first-order valence-electron chi connectivity index (χ1n) is 2.62. The monoisotopic (exact) mass is 250 g/mol. The van der Waals surface area contributed by atoms with E-state index in [1.807, 2.05) is 0 Å². The molecule has 4 heteroatoms. The SMILES string of the molecule is C=C(C)C(=O)OCCO.[Sn]. The number of rotatable bonds is 3. The van der Waals surface area contributed by atoms with Gasteiger partial charge in [0.25, 0.3) is 0 Å². The second-order valence-electron chi connectivity index (χ2n) is 1.64.